The Labute approximate surface area is 98.4 Å². The van der Waals surface area contributed by atoms with Crippen molar-refractivity contribution >= 4 is 7.12 Å². The summed E-state index contributed by atoms with van der Waals surface area (Å²) >= 11 is 0. The summed E-state index contributed by atoms with van der Waals surface area (Å²) in [4.78, 5) is 0. The molecule has 0 radical (unpaired) electrons. The second-order valence-corrected chi connectivity index (χ2v) is 6.46. The van der Waals surface area contributed by atoms with Gasteiger partial charge in [0, 0.05) is 6.44 Å². The van der Waals surface area contributed by atoms with Crippen LogP contribution < -0.4 is 5.32 Å². The zero-order valence-corrected chi connectivity index (χ0v) is 10.7. The van der Waals surface area contributed by atoms with Gasteiger partial charge in [-0.15, -0.1) is 0 Å². The van der Waals surface area contributed by atoms with Crippen LogP contribution in [0.1, 0.15) is 33.6 Å². The minimum atomic E-state index is -0.0462. The van der Waals surface area contributed by atoms with Gasteiger partial charge in [0.1, 0.15) is 0 Å². The van der Waals surface area contributed by atoms with Gasteiger partial charge in [-0.2, -0.15) is 0 Å². The van der Waals surface area contributed by atoms with Gasteiger partial charge < -0.3 is 14.6 Å². The first kappa shape index (κ1) is 11.1. The molecule has 1 saturated heterocycles. The Morgan fingerprint density at radius 2 is 2.06 bits per heavy atom. The van der Waals surface area contributed by atoms with E-state index >= 15 is 0 Å². The SMILES string of the molecule is CNCB1OC2CC3CC(C3(C)C)[C@]2(C)O1. The van der Waals surface area contributed by atoms with E-state index in [9.17, 15) is 0 Å². The van der Waals surface area contributed by atoms with E-state index in [0.717, 1.165) is 12.4 Å². The van der Waals surface area contributed by atoms with Crippen molar-refractivity contribution < 1.29 is 9.31 Å². The number of rotatable bonds is 2. The molecular weight excluding hydrogens is 201 g/mol. The van der Waals surface area contributed by atoms with Crippen molar-refractivity contribution in [3.05, 3.63) is 0 Å². The molecule has 16 heavy (non-hydrogen) atoms. The standard InChI is InChI=1S/C12H22BNO2/c1-11(2)8-5-9(11)12(3)10(6-8)15-13(16-12)7-14-4/h8-10,14H,5-7H2,1-4H3/t8?,9?,10?,12-/m0/s1. The van der Waals surface area contributed by atoms with Crippen molar-refractivity contribution in [2.75, 3.05) is 13.5 Å². The molecular formula is C12H22BNO2. The van der Waals surface area contributed by atoms with Crippen molar-refractivity contribution in [2.45, 2.75) is 45.3 Å². The number of nitrogens with one attached hydrogen (secondary N) is 1. The summed E-state index contributed by atoms with van der Waals surface area (Å²) in [7, 11) is 1.90. The Kier molecular flexibility index (Phi) is 2.24. The third-order valence-electron chi connectivity index (χ3n) is 5.37. The Hall–Kier alpha value is -0.0551. The predicted octanol–water partition coefficient (Wildman–Crippen LogP) is 1.47. The highest BCUT2D eigenvalue weighted by Gasteiger charge is 2.67. The van der Waals surface area contributed by atoms with Crippen LogP contribution in [-0.2, 0) is 9.31 Å². The molecule has 0 aromatic carbocycles. The second kappa shape index (κ2) is 3.24. The predicted molar refractivity (Wildman–Crippen MR) is 64.0 cm³/mol. The van der Waals surface area contributed by atoms with Crippen LogP contribution in [0.25, 0.3) is 0 Å². The molecule has 4 aliphatic rings. The molecule has 0 aromatic rings. The van der Waals surface area contributed by atoms with E-state index in [1.54, 1.807) is 0 Å². The van der Waals surface area contributed by atoms with Crippen molar-refractivity contribution in [3.8, 4) is 0 Å². The second-order valence-electron chi connectivity index (χ2n) is 6.46. The van der Waals surface area contributed by atoms with Gasteiger partial charge in [-0.3, -0.25) is 0 Å². The summed E-state index contributed by atoms with van der Waals surface area (Å²) in [5.74, 6) is 1.51. The minimum absolute atomic E-state index is 0.0419. The molecule has 0 spiro atoms. The lowest BCUT2D eigenvalue weighted by Gasteiger charge is -2.64. The van der Waals surface area contributed by atoms with E-state index in [4.69, 9.17) is 9.31 Å². The van der Waals surface area contributed by atoms with Crippen LogP contribution in [-0.4, -0.2) is 32.3 Å². The van der Waals surface area contributed by atoms with Crippen molar-refractivity contribution in [1.82, 2.24) is 5.32 Å². The molecule has 4 fully saturated rings. The summed E-state index contributed by atoms with van der Waals surface area (Å²) in [5, 5.41) is 3.14. The first-order valence-electron chi connectivity index (χ1n) is 6.46. The van der Waals surface area contributed by atoms with E-state index in [1.807, 2.05) is 7.05 Å². The lowest BCUT2D eigenvalue weighted by molar-refractivity contribution is -0.199. The van der Waals surface area contributed by atoms with Gasteiger partial charge in [0.2, 0.25) is 0 Å². The van der Waals surface area contributed by atoms with Gasteiger partial charge in [0.05, 0.1) is 11.7 Å². The maximum atomic E-state index is 6.19. The summed E-state index contributed by atoms with van der Waals surface area (Å²) in [6, 6.07) is 0. The minimum Gasteiger partial charge on any atom is -0.405 e. The largest absolute Gasteiger partial charge is 0.472 e. The van der Waals surface area contributed by atoms with Gasteiger partial charge in [0.25, 0.3) is 0 Å². The molecule has 1 N–H and O–H groups in total. The van der Waals surface area contributed by atoms with Crippen LogP contribution >= 0.6 is 0 Å². The molecule has 3 aliphatic carbocycles. The average Bonchev–Trinajstić information content (AvgIpc) is 2.53. The summed E-state index contributed by atoms with van der Waals surface area (Å²) in [6.07, 6.45) is 3.63. The van der Waals surface area contributed by atoms with Crippen LogP contribution in [0.15, 0.2) is 0 Å². The maximum absolute atomic E-state index is 6.19. The summed E-state index contributed by atoms with van der Waals surface area (Å²) in [5.41, 5.74) is 0.406. The van der Waals surface area contributed by atoms with Crippen molar-refractivity contribution in [3.63, 3.8) is 0 Å². The van der Waals surface area contributed by atoms with Crippen LogP contribution in [0.3, 0.4) is 0 Å². The van der Waals surface area contributed by atoms with Crippen LogP contribution in [0, 0.1) is 17.3 Å². The van der Waals surface area contributed by atoms with E-state index in [0.29, 0.717) is 17.4 Å². The fourth-order valence-corrected chi connectivity index (χ4v) is 4.20. The van der Waals surface area contributed by atoms with Gasteiger partial charge in [-0.05, 0) is 44.1 Å². The zero-order chi connectivity index (χ0) is 11.6. The van der Waals surface area contributed by atoms with E-state index < -0.39 is 0 Å². The first-order chi connectivity index (χ1) is 7.48. The fraction of sp³-hybridized carbons (Fsp3) is 1.00. The van der Waals surface area contributed by atoms with E-state index in [1.165, 1.54) is 12.8 Å². The normalized spacial score (nSPS) is 48.8. The van der Waals surface area contributed by atoms with Gasteiger partial charge in [-0.25, -0.2) is 0 Å². The summed E-state index contributed by atoms with van der Waals surface area (Å²) in [6.45, 7) is 7.04. The molecule has 0 aromatic heterocycles. The average molecular weight is 223 g/mol. The molecule has 4 atom stereocenters. The van der Waals surface area contributed by atoms with Gasteiger partial charge in [0.15, 0.2) is 0 Å². The fourth-order valence-electron chi connectivity index (χ4n) is 4.20. The number of hydrogen-bond acceptors (Lipinski definition) is 3. The Morgan fingerprint density at radius 1 is 1.31 bits per heavy atom. The Bertz CT molecular complexity index is 309. The smallest absolute Gasteiger partial charge is 0.405 e. The Balaban J connectivity index is 1.81. The molecule has 3 unspecified atom stereocenters. The molecule has 4 rings (SSSR count). The Morgan fingerprint density at radius 3 is 2.69 bits per heavy atom. The molecule has 1 aliphatic heterocycles. The molecule has 4 heteroatoms. The van der Waals surface area contributed by atoms with E-state index in [-0.39, 0.29) is 12.7 Å². The quantitative estimate of drug-likeness (QED) is 0.719. The van der Waals surface area contributed by atoms with Gasteiger partial charge in [-0.1, -0.05) is 13.8 Å². The molecule has 2 bridgehead atoms. The zero-order valence-electron chi connectivity index (χ0n) is 10.7. The third-order valence-corrected chi connectivity index (χ3v) is 5.37. The highest BCUT2D eigenvalue weighted by atomic mass is 16.7. The van der Waals surface area contributed by atoms with Crippen LogP contribution in [0.5, 0.6) is 0 Å². The highest BCUT2D eigenvalue weighted by Crippen LogP contribution is 2.65. The monoisotopic (exact) mass is 223 g/mol. The van der Waals surface area contributed by atoms with Crippen molar-refractivity contribution in [2.24, 2.45) is 17.3 Å². The molecule has 1 heterocycles. The highest BCUT2D eigenvalue weighted by molar-refractivity contribution is 6.45. The molecule has 0 amide bonds. The topological polar surface area (TPSA) is 30.5 Å². The maximum Gasteiger partial charge on any atom is 0.472 e. The van der Waals surface area contributed by atoms with Crippen LogP contribution in [0.4, 0.5) is 0 Å². The first-order valence-corrected chi connectivity index (χ1v) is 6.46. The number of hydrogen-bond donors (Lipinski definition) is 1. The van der Waals surface area contributed by atoms with Gasteiger partial charge >= 0.3 is 7.12 Å². The lowest BCUT2D eigenvalue weighted by atomic mass is 9.43. The molecule has 3 saturated carbocycles. The lowest BCUT2D eigenvalue weighted by Crippen LogP contribution is -2.65. The van der Waals surface area contributed by atoms with Crippen LogP contribution in [0.2, 0.25) is 0 Å². The molecule has 3 nitrogen and oxygen atoms in total. The third kappa shape index (κ3) is 1.21. The van der Waals surface area contributed by atoms with E-state index in [2.05, 4.69) is 26.1 Å². The molecule has 90 valence electrons. The van der Waals surface area contributed by atoms with Crippen molar-refractivity contribution in [1.29, 1.82) is 0 Å². The summed E-state index contributed by atoms with van der Waals surface area (Å²) < 4.78 is 12.2.